The second-order valence-corrected chi connectivity index (χ2v) is 5.58. The van der Waals surface area contributed by atoms with Crippen molar-refractivity contribution in [2.24, 2.45) is 5.41 Å². The summed E-state index contributed by atoms with van der Waals surface area (Å²) in [6, 6.07) is 0. The predicted molar refractivity (Wildman–Crippen MR) is 66.7 cm³/mol. The zero-order valence-corrected chi connectivity index (χ0v) is 11.3. The van der Waals surface area contributed by atoms with Crippen molar-refractivity contribution >= 4 is 21.8 Å². The number of ether oxygens (including phenoxy) is 1. The van der Waals surface area contributed by atoms with Crippen molar-refractivity contribution in [3.63, 3.8) is 0 Å². The summed E-state index contributed by atoms with van der Waals surface area (Å²) >= 11 is 3.62. The van der Waals surface area contributed by atoms with Gasteiger partial charge in [-0.05, 0) is 25.7 Å². The average Bonchev–Trinajstić information content (AvgIpc) is 2.33. The van der Waals surface area contributed by atoms with Crippen molar-refractivity contribution in [3.05, 3.63) is 0 Å². The van der Waals surface area contributed by atoms with Gasteiger partial charge in [-0.3, -0.25) is 4.79 Å². The molecule has 0 atom stereocenters. The Labute approximate surface area is 106 Å². The summed E-state index contributed by atoms with van der Waals surface area (Å²) in [6.45, 7) is 3.55. The van der Waals surface area contributed by atoms with E-state index in [0.717, 1.165) is 57.3 Å². The Morgan fingerprint density at radius 2 is 2.06 bits per heavy atom. The lowest BCUT2D eigenvalue weighted by Crippen LogP contribution is -2.46. The number of halogens is 1. The van der Waals surface area contributed by atoms with Crippen molar-refractivity contribution in [2.45, 2.75) is 32.1 Å². The highest BCUT2D eigenvalue weighted by Gasteiger charge is 2.35. The van der Waals surface area contributed by atoms with Gasteiger partial charge in [0.05, 0.1) is 0 Å². The Hall–Kier alpha value is -0.0900. The first-order chi connectivity index (χ1) is 7.76. The van der Waals surface area contributed by atoms with Gasteiger partial charge in [0.25, 0.3) is 0 Å². The molecule has 0 spiro atoms. The van der Waals surface area contributed by atoms with Crippen LogP contribution >= 0.6 is 15.9 Å². The second-order valence-electron chi connectivity index (χ2n) is 5.02. The third-order valence-electron chi connectivity index (χ3n) is 3.78. The molecule has 2 heterocycles. The van der Waals surface area contributed by atoms with E-state index in [0.29, 0.717) is 5.91 Å². The normalized spacial score (nSPS) is 25.8. The summed E-state index contributed by atoms with van der Waals surface area (Å²) in [5.74, 6) is 0.345. The van der Waals surface area contributed by atoms with Gasteiger partial charge in [0.1, 0.15) is 0 Å². The lowest BCUT2D eigenvalue weighted by molar-refractivity contribution is -0.135. The number of hydrogen-bond acceptors (Lipinski definition) is 2. The zero-order valence-electron chi connectivity index (χ0n) is 9.71. The van der Waals surface area contributed by atoms with Gasteiger partial charge in [0, 0.05) is 43.5 Å². The third-order valence-corrected chi connectivity index (χ3v) is 4.97. The Balaban J connectivity index is 1.96. The monoisotopic (exact) mass is 289 g/mol. The van der Waals surface area contributed by atoms with Crippen LogP contribution in [0.4, 0.5) is 0 Å². The van der Waals surface area contributed by atoms with E-state index in [1.165, 1.54) is 6.42 Å². The van der Waals surface area contributed by atoms with E-state index in [4.69, 9.17) is 4.74 Å². The highest BCUT2D eigenvalue weighted by molar-refractivity contribution is 9.09. The van der Waals surface area contributed by atoms with Crippen LogP contribution in [0, 0.1) is 5.41 Å². The molecule has 0 aromatic rings. The summed E-state index contributed by atoms with van der Waals surface area (Å²) in [5, 5.41) is 0.979. The van der Waals surface area contributed by atoms with Gasteiger partial charge in [-0.25, -0.2) is 0 Å². The lowest BCUT2D eigenvalue weighted by Gasteiger charge is -2.41. The molecular weight excluding hydrogens is 270 g/mol. The van der Waals surface area contributed by atoms with Crippen LogP contribution in [-0.4, -0.2) is 42.4 Å². The molecule has 0 bridgehead atoms. The topological polar surface area (TPSA) is 29.5 Å². The van der Waals surface area contributed by atoms with Crippen molar-refractivity contribution in [3.8, 4) is 0 Å². The van der Waals surface area contributed by atoms with Crippen LogP contribution in [-0.2, 0) is 9.53 Å². The number of nitrogens with zero attached hydrogens (tertiary/aromatic N) is 1. The fourth-order valence-electron chi connectivity index (χ4n) is 2.57. The second kappa shape index (κ2) is 5.50. The summed E-state index contributed by atoms with van der Waals surface area (Å²) in [6.07, 6.45) is 5.12. The van der Waals surface area contributed by atoms with Gasteiger partial charge in [0.2, 0.25) is 5.91 Å². The maximum Gasteiger partial charge on any atom is 0.222 e. The van der Waals surface area contributed by atoms with Gasteiger partial charge >= 0.3 is 0 Å². The molecule has 16 heavy (non-hydrogen) atoms. The third kappa shape index (κ3) is 2.77. The quantitative estimate of drug-likeness (QED) is 0.746. The standard InChI is InChI=1S/C12H20BrNO2/c13-9-12(4-7-16-8-5-12)10-14-6-2-1-3-11(14)15/h1-10H2. The number of piperidine rings is 1. The Bertz CT molecular complexity index is 251. The maximum atomic E-state index is 11.8. The molecule has 0 N–H and O–H groups in total. The summed E-state index contributed by atoms with van der Waals surface area (Å²) in [4.78, 5) is 13.9. The van der Waals surface area contributed by atoms with Crippen LogP contribution in [0.2, 0.25) is 0 Å². The molecule has 0 unspecified atom stereocenters. The van der Waals surface area contributed by atoms with Gasteiger partial charge in [-0.1, -0.05) is 15.9 Å². The molecule has 1 amide bonds. The average molecular weight is 290 g/mol. The van der Waals surface area contributed by atoms with Crippen LogP contribution < -0.4 is 0 Å². The number of carbonyl (C=O) groups is 1. The van der Waals surface area contributed by atoms with Crippen LogP contribution in [0.25, 0.3) is 0 Å². The Morgan fingerprint density at radius 3 is 2.69 bits per heavy atom. The number of hydrogen-bond donors (Lipinski definition) is 0. The molecule has 0 aliphatic carbocycles. The first kappa shape index (κ1) is 12.4. The van der Waals surface area contributed by atoms with E-state index in [9.17, 15) is 4.79 Å². The van der Waals surface area contributed by atoms with Gasteiger partial charge in [0.15, 0.2) is 0 Å². The minimum absolute atomic E-state index is 0.255. The summed E-state index contributed by atoms with van der Waals surface area (Å²) in [5.41, 5.74) is 0.255. The molecule has 0 saturated carbocycles. The lowest BCUT2D eigenvalue weighted by atomic mass is 9.81. The van der Waals surface area contributed by atoms with E-state index in [-0.39, 0.29) is 5.41 Å². The van der Waals surface area contributed by atoms with Gasteiger partial charge in [-0.2, -0.15) is 0 Å². The molecule has 3 nitrogen and oxygen atoms in total. The highest BCUT2D eigenvalue weighted by Crippen LogP contribution is 2.34. The molecule has 2 aliphatic rings. The maximum absolute atomic E-state index is 11.8. The molecule has 0 aromatic heterocycles. The Morgan fingerprint density at radius 1 is 1.31 bits per heavy atom. The zero-order chi connectivity index (χ0) is 11.4. The van der Waals surface area contributed by atoms with E-state index in [1.807, 2.05) is 0 Å². The smallest absolute Gasteiger partial charge is 0.222 e. The summed E-state index contributed by atoms with van der Waals surface area (Å²) in [7, 11) is 0. The van der Waals surface area contributed by atoms with Gasteiger partial charge < -0.3 is 9.64 Å². The van der Waals surface area contributed by atoms with E-state index in [2.05, 4.69) is 20.8 Å². The summed E-state index contributed by atoms with van der Waals surface area (Å²) < 4.78 is 5.42. The van der Waals surface area contributed by atoms with Crippen LogP contribution in [0.15, 0.2) is 0 Å². The molecular formula is C12H20BrNO2. The molecule has 2 rings (SSSR count). The molecule has 4 heteroatoms. The van der Waals surface area contributed by atoms with Gasteiger partial charge in [-0.15, -0.1) is 0 Å². The van der Waals surface area contributed by atoms with Crippen LogP contribution in [0.3, 0.4) is 0 Å². The van der Waals surface area contributed by atoms with Crippen molar-refractivity contribution in [2.75, 3.05) is 31.6 Å². The van der Waals surface area contributed by atoms with E-state index in [1.54, 1.807) is 0 Å². The number of alkyl halides is 1. The first-order valence-electron chi connectivity index (χ1n) is 6.17. The van der Waals surface area contributed by atoms with Crippen LogP contribution in [0.1, 0.15) is 32.1 Å². The fourth-order valence-corrected chi connectivity index (χ4v) is 3.31. The molecule has 2 saturated heterocycles. The number of carbonyl (C=O) groups excluding carboxylic acids is 1. The molecule has 2 aliphatic heterocycles. The SMILES string of the molecule is O=C1CCCCN1CC1(CBr)CCOCC1. The van der Waals surface area contributed by atoms with Crippen molar-refractivity contribution < 1.29 is 9.53 Å². The van der Waals surface area contributed by atoms with Crippen LogP contribution in [0.5, 0.6) is 0 Å². The minimum atomic E-state index is 0.255. The van der Waals surface area contributed by atoms with E-state index >= 15 is 0 Å². The molecule has 2 fully saturated rings. The largest absolute Gasteiger partial charge is 0.381 e. The number of amides is 1. The minimum Gasteiger partial charge on any atom is -0.381 e. The number of likely N-dealkylation sites (tertiary alicyclic amines) is 1. The molecule has 92 valence electrons. The number of rotatable bonds is 3. The molecule has 0 aromatic carbocycles. The Kier molecular flexibility index (Phi) is 4.25. The predicted octanol–water partition coefficient (Wildman–Crippen LogP) is 2.19. The van der Waals surface area contributed by atoms with Crippen molar-refractivity contribution in [1.82, 2.24) is 4.90 Å². The fraction of sp³-hybridized carbons (Fsp3) is 0.917. The first-order valence-corrected chi connectivity index (χ1v) is 7.29. The van der Waals surface area contributed by atoms with E-state index < -0.39 is 0 Å². The molecule has 0 radical (unpaired) electrons. The van der Waals surface area contributed by atoms with Crippen molar-refractivity contribution in [1.29, 1.82) is 0 Å². The highest BCUT2D eigenvalue weighted by atomic mass is 79.9.